The molecule has 5 aliphatic rings. The fraction of sp³-hybridized carbons (Fsp3) is 0.656. The van der Waals surface area contributed by atoms with E-state index >= 15 is 0 Å². The predicted octanol–water partition coefficient (Wildman–Crippen LogP) is 4.93. The van der Waals surface area contributed by atoms with Crippen molar-refractivity contribution in [3.8, 4) is 0 Å². The minimum atomic E-state index is -0.766. The van der Waals surface area contributed by atoms with Crippen LogP contribution in [0.5, 0.6) is 0 Å². The Morgan fingerprint density at radius 1 is 1.23 bits per heavy atom. The molecule has 0 amide bonds. The maximum absolute atomic E-state index is 13.7. The molecule has 6 rings (SSSR count). The first kappa shape index (κ1) is 27.5. The van der Waals surface area contributed by atoms with E-state index in [1.165, 1.54) is 18.3 Å². The Hall–Kier alpha value is -2.71. The van der Waals surface area contributed by atoms with E-state index < -0.39 is 28.3 Å². The fourth-order valence-electron chi connectivity index (χ4n) is 9.46. The average molecular weight is 553 g/mol. The number of hydrogen-bond acceptors (Lipinski definition) is 8. The zero-order valence-corrected chi connectivity index (χ0v) is 24.4. The number of rotatable bonds is 5. The minimum absolute atomic E-state index is 0.0300. The third kappa shape index (κ3) is 3.41. The monoisotopic (exact) mass is 552 g/mol. The number of allylic oxidation sites excluding steroid dienone is 2. The van der Waals surface area contributed by atoms with Gasteiger partial charge in [-0.25, -0.2) is 4.79 Å². The van der Waals surface area contributed by atoms with Crippen LogP contribution in [0.25, 0.3) is 0 Å². The van der Waals surface area contributed by atoms with Gasteiger partial charge in [-0.2, -0.15) is 0 Å². The summed E-state index contributed by atoms with van der Waals surface area (Å²) in [5.41, 5.74) is 1.87. The van der Waals surface area contributed by atoms with Gasteiger partial charge in [0, 0.05) is 41.1 Å². The van der Waals surface area contributed by atoms with Gasteiger partial charge in [-0.05, 0) is 50.3 Å². The molecule has 1 aromatic rings. The van der Waals surface area contributed by atoms with Gasteiger partial charge in [0.1, 0.15) is 11.9 Å². The van der Waals surface area contributed by atoms with E-state index in [0.717, 1.165) is 12.0 Å². The van der Waals surface area contributed by atoms with Gasteiger partial charge >= 0.3 is 11.9 Å². The number of ketones is 1. The molecule has 0 radical (unpaired) electrons. The Morgan fingerprint density at radius 2 is 1.98 bits per heavy atom. The van der Waals surface area contributed by atoms with Gasteiger partial charge in [-0.1, -0.05) is 32.4 Å². The molecule has 2 saturated carbocycles. The molecule has 2 saturated heterocycles. The summed E-state index contributed by atoms with van der Waals surface area (Å²) in [6, 6.07) is 2.00. The van der Waals surface area contributed by atoms with E-state index in [-0.39, 0.29) is 67.3 Å². The summed E-state index contributed by atoms with van der Waals surface area (Å²) in [6.07, 6.45) is 4.59. The number of esters is 2. The van der Waals surface area contributed by atoms with Crippen molar-refractivity contribution in [2.45, 2.75) is 91.1 Å². The van der Waals surface area contributed by atoms with Crippen LogP contribution in [0.15, 0.2) is 45.8 Å². The second-order valence-corrected chi connectivity index (χ2v) is 13.1. The van der Waals surface area contributed by atoms with Crippen molar-refractivity contribution in [1.82, 2.24) is 0 Å². The Kier molecular flexibility index (Phi) is 6.28. The normalized spacial score (nSPS) is 43.8. The first-order valence-electron chi connectivity index (χ1n) is 14.4. The molecule has 3 aliphatic carbocycles. The molecule has 8 heteroatoms. The van der Waals surface area contributed by atoms with Crippen LogP contribution >= 0.6 is 0 Å². The fourth-order valence-corrected chi connectivity index (χ4v) is 9.46. The number of carbonyl (C=O) groups excluding carboxylic acids is 3. The third-order valence-electron chi connectivity index (χ3n) is 11.5. The van der Waals surface area contributed by atoms with Gasteiger partial charge < -0.3 is 23.4 Å². The Balaban J connectivity index is 1.55. The molecule has 0 bridgehead atoms. The van der Waals surface area contributed by atoms with Crippen molar-refractivity contribution < 1.29 is 37.7 Å². The maximum Gasteiger partial charge on any atom is 0.333 e. The molecule has 10 atom stereocenters. The number of hydrogen-bond donors (Lipinski definition) is 0. The van der Waals surface area contributed by atoms with Crippen molar-refractivity contribution >= 4 is 17.7 Å². The second-order valence-electron chi connectivity index (χ2n) is 13.1. The highest BCUT2D eigenvalue weighted by molar-refractivity contribution is 5.90. The molecule has 0 spiro atoms. The highest BCUT2D eigenvalue weighted by Gasteiger charge is 2.78. The number of Topliss-reactive ketones (excluding diaryl/α,β-unsaturated/α-hetero) is 1. The van der Waals surface area contributed by atoms with E-state index in [4.69, 9.17) is 23.4 Å². The summed E-state index contributed by atoms with van der Waals surface area (Å²) in [7, 11) is 1.40. The van der Waals surface area contributed by atoms with Crippen molar-refractivity contribution in [2.24, 2.45) is 28.1 Å². The van der Waals surface area contributed by atoms with E-state index in [1.807, 2.05) is 13.0 Å². The lowest BCUT2D eigenvalue weighted by Gasteiger charge is -2.63. The second kappa shape index (κ2) is 9.15. The summed E-state index contributed by atoms with van der Waals surface area (Å²) in [5.74, 6) is -1.21. The van der Waals surface area contributed by atoms with Crippen LogP contribution in [0.1, 0.15) is 72.3 Å². The number of furan rings is 1. The number of fused-ring (bicyclic) bond motifs is 4. The molecule has 2 aliphatic heterocycles. The minimum Gasteiger partial charge on any atom is -0.472 e. The lowest BCUT2D eigenvalue weighted by atomic mass is 9.40. The largest absolute Gasteiger partial charge is 0.472 e. The van der Waals surface area contributed by atoms with Gasteiger partial charge in [-0.15, -0.1) is 0 Å². The van der Waals surface area contributed by atoms with Crippen molar-refractivity contribution in [1.29, 1.82) is 0 Å². The van der Waals surface area contributed by atoms with E-state index in [1.54, 1.807) is 32.4 Å². The van der Waals surface area contributed by atoms with Gasteiger partial charge in [0.2, 0.25) is 0 Å². The molecule has 4 fully saturated rings. The van der Waals surface area contributed by atoms with Gasteiger partial charge in [0.05, 0.1) is 50.0 Å². The highest BCUT2D eigenvalue weighted by atomic mass is 16.6. The van der Waals surface area contributed by atoms with Crippen LogP contribution in [-0.4, -0.2) is 55.9 Å². The van der Waals surface area contributed by atoms with Gasteiger partial charge in [-0.3, -0.25) is 9.59 Å². The Labute approximate surface area is 235 Å². The summed E-state index contributed by atoms with van der Waals surface area (Å²) in [5, 5.41) is 0. The summed E-state index contributed by atoms with van der Waals surface area (Å²) < 4.78 is 30.3. The van der Waals surface area contributed by atoms with Crippen molar-refractivity contribution in [2.75, 3.05) is 13.7 Å². The molecule has 0 N–H and O–H groups in total. The third-order valence-corrected chi connectivity index (χ3v) is 11.5. The van der Waals surface area contributed by atoms with Crippen molar-refractivity contribution in [3.05, 3.63) is 47.0 Å². The zero-order valence-electron chi connectivity index (χ0n) is 24.4. The number of methoxy groups -OCH3 is 1. The predicted molar refractivity (Wildman–Crippen MR) is 144 cm³/mol. The van der Waals surface area contributed by atoms with Gasteiger partial charge in [0.15, 0.2) is 0 Å². The molecular weight excluding hydrogens is 512 g/mol. The van der Waals surface area contributed by atoms with Crippen LogP contribution in [0, 0.1) is 28.1 Å². The lowest BCUT2D eigenvalue weighted by Crippen LogP contribution is -2.70. The van der Waals surface area contributed by atoms with Crippen LogP contribution in [-0.2, 0) is 33.3 Å². The van der Waals surface area contributed by atoms with E-state index in [0.29, 0.717) is 5.57 Å². The lowest BCUT2D eigenvalue weighted by molar-refractivity contribution is -0.229. The SMILES string of the molecule is C/C=C(\C)C(=O)O[C@H]1CC(=O)[C@@]2(C)CO[C@@H]3C2[C@@]1(C)[C@@H](CC(=O)OC)[C@]1(C)C2=C(C)[C@H](c4ccoc4)C[C@H]2O[C@H]31. The summed E-state index contributed by atoms with van der Waals surface area (Å²) in [6.45, 7) is 12.2. The quantitative estimate of drug-likeness (QED) is 0.288. The van der Waals surface area contributed by atoms with Crippen LogP contribution < -0.4 is 0 Å². The molecule has 40 heavy (non-hydrogen) atoms. The molecular formula is C32H40O8. The topological polar surface area (TPSA) is 101 Å². The van der Waals surface area contributed by atoms with E-state index in [2.05, 4.69) is 20.8 Å². The van der Waals surface area contributed by atoms with Crippen LogP contribution in [0.4, 0.5) is 0 Å². The van der Waals surface area contributed by atoms with Crippen molar-refractivity contribution in [3.63, 3.8) is 0 Å². The summed E-state index contributed by atoms with van der Waals surface area (Å²) in [4.78, 5) is 40.1. The molecule has 1 unspecified atom stereocenters. The number of carbonyl (C=O) groups is 3. The standard InChI is InChI=1S/C32H40O8/c1-8-16(2)29(35)40-23-13-22(33)30(4)15-38-26-27(30)31(23,5)21(12-24(34)36-7)32(6)25-17(3)19(18-9-10-37-14-18)11-20(25)39-28(26)32/h8-10,14,19-21,23,26-28H,11-13,15H2,1-7H3/b16-8+/t19-,20-,21-,23+,26-,27?,28-,30-,31+,32-/m1/s1. The average Bonchev–Trinajstić information content (AvgIpc) is 3.70. The zero-order chi connectivity index (χ0) is 28.8. The molecule has 8 nitrogen and oxygen atoms in total. The Morgan fingerprint density at radius 3 is 2.62 bits per heavy atom. The first-order chi connectivity index (χ1) is 18.9. The smallest absolute Gasteiger partial charge is 0.333 e. The molecule has 3 heterocycles. The molecule has 0 aromatic carbocycles. The molecule has 216 valence electrons. The maximum atomic E-state index is 13.7. The van der Waals surface area contributed by atoms with Crippen LogP contribution in [0.3, 0.4) is 0 Å². The van der Waals surface area contributed by atoms with Crippen LogP contribution in [0.2, 0.25) is 0 Å². The highest BCUT2D eigenvalue weighted by Crippen LogP contribution is 2.73. The van der Waals surface area contributed by atoms with Gasteiger partial charge in [0.25, 0.3) is 0 Å². The number of ether oxygens (including phenoxy) is 4. The van der Waals surface area contributed by atoms with E-state index in [9.17, 15) is 14.4 Å². The molecule has 1 aromatic heterocycles. The first-order valence-corrected chi connectivity index (χ1v) is 14.4. The Bertz CT molecular complexity index is 1310. The summed E-state index contributed by atoms with van der Waals surface area (Å²) >= 11 is 0.